The van der Waals surface area contributed by atoms with Crippen LogP contribution in [0.2, 0.25) is 0 Å². The molecule has 2 aromatic rings. The smallest absolute Gasteiger partial charge is 0.0813 e. The predicted octanol–water partition coefficient (Wildman–Crippen LogP) is 2.32. The number of rotatable bonds is 6. The van der Waals surface area contributed by atoms with Crippen molar-refractivity contribution in [3.05, 3.63) is 30.1 Å². The summed E-state index contributed by atoms with van der Waals surface area (Å²) in [6.07, 6.45) is 2.36. The molecule has 0 radical (unpaired) electrons. The standard InChI is InChI=1S/C16H23N3O2/c1-11-8-12-13(9-18-11)14(17)4-5-15(12)19-10-16(2,20)6-7-21-3/h4-5,8-9,19-20H,6-7,10,17H2,1-3H3. The molecule has 0 bridgehead atoms. The number of nitrogen functional groups attached to an aromatic ring is 1. The van der Waals surface area contributed by atoms with E-state index in [1.54, 1.807) is 20.2 Å². The number of pyridine rings is 1. The van der Waals surface area contributed by atoms with Gasteiger partial charge in [0.05, 0.1) is 5.60 Å². The molecule has 21 heavy (non-hydrogen) atoms. The van der Waals surface area contributed by atoms with Gasteiger partial charge < -0.3 is 20.9 Å². The fourth-order valence-electron chi connectivity index (χ4n) is 2.22. The minimum atomic E-state index is -0.828. The monoisotopic (exact) mass is 289 g/mol. The zero-order chi connectivity index (χ0) is 15.5. The molecule has 0 saturated heterocycles. The molecule has 1 aromatic carbocycles. The number of aryl methyl sites for hydroxylation is 1. The lowest BCUT2D eigenvalue weighted by atomic mass is 10.0. The quantitative estimate of drug-likeness (QED) is 0.711. The number of ether oxygens (including phenoxy) is 1. The molecular weight excluding hydrogens is 266 g/mol. The highest BCUT2D eigenvalue weighted by atomic mass is 16.5. The molecule has 0 aliphatic heterocycles. The van der Waals surface area contributed by atoms with Gasteiger partial charge in [-0.3, -0.25) is 4.98 Å². The van der Waals surface area contributed by atoms with Crippen molar-refractivity contribution in [3.8, 4) is 0 Å². The highest BCUT2D eigenvalue weighted by Crippen LogP contribution is 2.28. The molecule has 0 aliphatic rings. The lowest BCUT2D eigenvalue weighted by Gasteiger charge is -2.24. The Labute approximate surface area is 125 Å². The molecule has 5 heteroatoms. The van der Waals surface area contributed by atoms with E-state index >= 15 is 0 Å². The zero-order valence-corrected chi connectivity index (χ0v) is 12.8. The summed E-state index contributed by atoms with van der Waals surface area (Å²) in [5.41, 5.74) is 7.74. The van der Waals surface area contributed by atoms with Gasteiger partial charge in [-0.1, -0.05) is 0 Å². The van der Waals surface area contributed by atoms with Crippen LogP contribution in [0.15, 0.2) is 24.4 Å². The maximum atomic E-state index is 10.3. The van der Waals surface area contributed by atoms with Gasteiger partial charge in [-0.2, -0.15) is 0 Å². The van der Waals surface area contributed by atoms with Gasteiger partial charge in [-0.15, -0.1) is 0 Å². The average Bonchev–Trinajstić information content (AvgIpc) is 2.44. The van der Waals surface area contributed by atoms with Crippen molar-refractivity contribution in [3.63, 3.8) is 0 Å². The molecule has 1 heterocycles. The molecule has 0 spiro atoms. The number of fused-ring (bicyclic) bond motifs is 1. The Morgan fingerprint density at radius 3 is 2.86 bits per heavy atom. The van der Waals surface area contributed by atoms with Gasteiger partial charge in [0.2, 0.25) is 0 Å². The number of aromatic nitrogens is 1. The number of benzene rings is 1. The average molecular weight is 289 g/mol. The molecular formula is C16H23N3O2. The van der Waals surface area contributed by atoms with Crippen LogP contribution in [0.5, 0.6) is 0 Å². The molecule has 0 aliphatic carbocycles. The third-order valence-corrected chi connectivity index (χ3v) is 3.58. The molecule has 5 nitrogen and oxygen atoms in total. The molecule has 0 saturated carbocycles. The Morgan fingerprint density at radius 1 is 1.38 bits per heavy atom. The first-order chi connectivity index (χ1) is 9.93. The van der Waals surface area contributed by atoms with Gasteiger partial charge >= 0.3 is 0 Å². The fourth-order valence-corrected chi connectivity index (χ4v) is 2.22. The molecule has 1 unspecified atom stereocenters. The van der Waals surface area contributed by atoms with Gasteiger partial charge in [0.1, 0.15) is 0 Å². The van der Waals surface area contributed by atoms with Gasteiger partial charge in [-0.05, 0) is 32.0 Å². The lowest BCUT2D eigenvalue weighted by Crippen LogP contribution is -2.34. The number of aliphatic hydroxyl groups is 1. The molecule has 0 fully saturated rings. The lowest BCUT2D eigenvalue weighted by molar-refractivity contribution is 0.0358. The van der Waals surface area contributed by atoms with Crippen LogP contribution in [0.3, 0.4) is 0 Å². The Bertz CT molecular complexity index is 626. The van der Waals surface area contributed by atoms with Crippen LogP contribution in [0, 0.1) is 6.92 Å². The summed E-state index contributed by atoms with van der Waals surface area (Å²) < 4.78 is 5.02. The molecule has 2 rings (SSSR count). The second kappa shape index (κ2) is 6.28. The zero-order valence-electron chi connectivity index (χ0n) is 12.8. The second-order valence-corrected chi connectivity index (χ2v) is 5.67. The van der Waals surface area contributed by atoms with Crippen molar-refractivity contribution in [2.24, 2.45) is 0 Å². The number of nitrogens with two attached hydrogens (primary N) is 1. The van der Waals surface area contributed by atoms with Crippen molar-refractivity contribution in [1.82, 2.24) is 4.98 Å². The van der Waals surface area contributed by atoms with Crippen molar-refractivity contribution >= 4 is 22.1 Å². The normalized spacial score (nSPS) is 14.1. The summed E-state index contributed by atoms with van der Waals surface area (Å²) in [5, 5.41) is 15.5. The van der Waals surface area contributed by atoms with Crippen molar-refractivity contribution in [2.75, 3.05) is 31.3 Å². The summed E-state index contributed by atoms with van der Waals surface area (Å²) in [5.74, 6) is 0. The minimum absolute atomic E-state index is 0.441. The van der Waals surface area contributed by atoms with E-state index in [1.807, 2.05) is 25.1 Å². The molecule has 0 amide bonds. The van der Waals surface area contributed by atoms with Crippen molar-refractivity contribution < 1.29 is 9.84 Å². The predicted molar refractivity (Wildman–Crippen MR) is 86.5 cm³/mol. The molecule has 1 atom stereocenters. The number of anilines is 2. The maximum Gasteiger partial charge on any atom is 0.0813 e. The fraction of sp³-hybridized carbons (Fsp3) is 0.438. The summed E-state index contributed by atoms with van der Waals surface area (Å²) in [6.45, 7) is 4.71. The van der Waals surface area contributed by atoms with E-state index in [0.717, 1.165) is 22.2 Å². The van der Waals surface area contributed by atoms with Crippen molar-refractivity contribution in [2.45, 2.75) is 25.9 Å². The number of nitrogens with one attached hydrogen (secondary N) is 1. The molecule has 4 N–H and O–H groups in total. The number of hydrogen-bond acceptors (Lipinski definition) is 5. The van der Waals surface area contributed by atoms with Crippen molar-refractivity contribution in [1.29, 1.82) is 0 Å². The molecule has 1 aromatic heterocycles. The van der Waals surface area contributed by atoms with E-state index in [1.165, 1.54) is 0 Å². The first-order valence-corrected chi connectivity index (χ1v) is 7.03. The van der Waals surface area contributed by atoms with E-state index in [0.29, 0.717) is 25.3 Å². The van der Waals surface area contributed by atoms with Gasteiger partial charge in [-0.25, -0.2) is 0 Å². The van der Waals surface area contributed by atoms with E-state index in [-0.39, 0.29) is 0 Å². The van der Waals surface area contributed by atoms with Crippen LogP contribution >= 0.6 is 0 Å². The third kappa shape index (κ3) is 3.83. The third-order valence-electron chi connectivity index (χ3n) is 3.58. The maximum absolute atomic E-state index is 10.3. The van der Waals surface area contributed by atoms with E-state index < -0.39 is 5.60 Å². The van der Waals surface area contributed by atoms with Crippen LogP contribution in [-0.2, 0) is 4.74 Å². The first kappa shape index (κ1) is 15.5. The van der Waals surface area contributed by atoms with E-state index in [2.05, 4.69) is 10.3 Å². The topological polar surface area (TPSA) is 80.4 Å². The van der Waals surface area contributed by atoms with E-state index in [4.69, 9.17) is 10.5 Å². The number of methoxy groups -OCH3 is 1. The van der Waals surface area contributed by atoms with E-state index in [9.17, 15) is 5.11 Å². The summed E-state index contributed by atoms with van der Waals surface area (Å²) in [4.78, 5) is 4.28. The van der Waals surface area contributed by atoms with Gasteiger partial charge in [0.25, 0.3) is 0 Å². The van der Waals surface area contributed by atoms with Crippen LogP contribution in [0.1, 0.15) is 19.0 Å². The largest absolute Gasteiger partial charge is 0.398 e. The van der Waals surface area contributed by atoms with Crippen LogP contribution < -0.4 is 11.1 Å². The Hall–Kier alpha value is -1.85. The molecule has 114 valence electrons. The summed E-state index contributed by atoms with van der Waals surface area (Å²) >= 11 is 0. The number of nitrogens with zero attached hydrogens (tertiary/aromatic N) is 1. The van der Waals surface area contributed by atoms with Crippen LogP contribution in [-0.4, -0.2) is 36.0 Å². The summed E-state index contributed by atoms with van der Waals surface area (Å²) in [7, 11) is 1.63. The highest BCUT2D eigenvalue weighted by Gasteiger charge is 2.20. The Kier molecular flexibility index (Phi) is 4.65. The van der Waals surface area contributed by atoms with Crippen LogP contribution in [0.25, 0.3) is 10.8 Å². The number of hydrogen-bond donors (Lipinski definition) is 3. The second-order valence-electron chi connectivity index (χ2n) is 5.67. The Balaban J connectivity index is 2.23. The first-order valence-electron chi connectivity index (χ1n) is 7.03. The van der Waals surface area contributed by atoms with Gasteiger partial charge in [0.15, 0.2) is 0 Å². The summed E-state index contributed by atoms with van der Waals surface area (Å²) in [6, 6.07) is 5.78. The highest BCUT2D eigenvalue weighted by molar-refractivity contribution is 6.00. The minimum Gasteiger partial charge on any atom is -0.398 e. The van der Waals surface area contributed by atoms with Gasteiger partial charge in [0, 0.05) is 60.7 Å². The van der Waals surface area contributed by atoms with Crippen LogP contribution in [0.4, 0.5) is 11.4 Å². The SMILES string of the molecule is COCCC(C)(O)CNc1ccc(N)c2cnc(C)cc12. The Morgan fingerprint density at radius 2 is 2.14 bits per heavy atom.